The van der Waals surface area contributed by atoms with E-state index in [2.05, 4.69) is 0 Å². The Labute approximate surface area is 164 Å². The third kappa shape index (κ3) is 4.86. The van der Waals surface area contributed by atoms with Gasteiger partial charge in [0.15, 0.2) is 12.7 Å². The summed E-state index contributed by atoms with van der Waals surface area (Å²) in [4.78, 5) is 25.4. The Bertz CT molecular complexity index is 946. The lowest BCUT2D eigenvalue weighted by molar-refractivity contribution is -0.149. The summed E-state index contributed by atoms with van der Waals surface area (Å²) in [5.74, 6) is -0.256. The van der Waals surface area contributed by atoms with Gasteiger partial charge in [0.1, 0.15) is 5.75 Å². The Balaban J connectivity index is 1.76. The molecule has 4 nitrogen and oxygen atoms in total. The van der Waals surface area contributed by atoms with Crippen LogP contribution >= 0.6 is 0 Å². The number of carbonyl (C=O) groups is 2. The summed E-state index contributed by atoms with van der Waals surface area (Å²) in [6.07, 6.45) is -1.02. The number of para-hydroxylation sites is 1. The second-order valence-corrected chi connectivity index (χ2v) is 6.57. The van der Waals surface area contributed by atoms with Crippen molar-refractivity contribution in [2.24, 2.45) is 0 Å². The fourth-order valence-electron chi connectivity index (χ4n) is 2.79. The molecule has 0 heterocycles. The topological polar surface area (TPSA) is 52.6 Å². The van der Waals surface area contributed by atoms with Gasteiger partial charge in [0, 0.05) is 11.1 Å². The molecule has 0 aliphatic rings. The number of benzene rings is 3. The predicted octanol–water partition coefficient (Wildman–Crippen LogP) is 4.85. The quantitative estimate of drug-likeness (QED) is 0.438. The summed E-state index contributed by atoms with van der Waals surface area (Å²) in [5.41, 5.74) is 3.09. The van der Waals surface area contributed by atoms with Crippen LogP contribution in [0.1, 0.15) is 33.2 Å². The fraction of sp³-hybridized carbons (Fsp3) is 0.167. The summed E-state index contributed by atoms with van der Waals surface area (Å²) in [7, 11) is 0. The highest BCUT2D eigenvalue weighted by atomic mass is 16.6. The van der Waals surface area contributed by atoms with Crippen LogP contribution in [-0.2, 0) is 9.53 Å². The molecule has 0 aromatic heterocycles. The van der Waals surface area contributed by atoms with Crippen molar-refractivity contribution in [1.29, 1.82) is 0 Å². The average Bonchev–Trinajstić information content (AvgIpc) is 2.72. The normalized spacial score (nSPS) is 11.5. The first-order valence-corrected chi connectivity index (χ1v) is 9.08. The number of Topliss-reactive ketones (excluding diaryl/α,β-unsaturated/α-hetero) is 1. The van der Waals surface area contributed by atoms with Crippen molar-refractivity contribution in [2.45, 2.75) is 20.0 Å². The lowest BCUT2D eigenvalue weighted by Gasteiger charge is -2.18. The predicted molar refractivity (Wildman–Crippen MR) is 107 cm³/mol. The van der Waals surface area contributed by atoms with Gasteiger partial charge < -0.3 is 9.47 Å². The van der Waals surface area contributed by atoms with Gasteiger partial charge in [0.2, 0.25) is 5.78 Å². The van der Waals surface area contributed by atoms with E-state index in [9.17, 15) is 9.59 Å². The smallest absolute Gasteiger partial charge is 0.345 e. The zero-order valence-electron chi connectivity index (χ0n) is 15.9. The molecule has 0 unspecified atom stereocenters. The number of hydrogen-bond donors (Lipinski definition) is 0. The summed E-state index contributed by atoms with van der Waals surface area (Å²) in [6.45, 7) is 3.58. The van der Waals surface area contributed by atoms with Crippen LogP contribution in [0.25, 0.3) is 0 Å². The molecule has 3 aromatic carbocycles. The Morgan fingerprint density at radius 3 is 2.14 bits per heavy atom. The molecule has 0 amide bonds. The third-order valence-electron chi connectivity index (χ3n) is 4.36. The highest BCUT2D eigenvalue weighted by molar-refractivity contribution is 6.01. The van der Waals surface area contributed by atoms with Gasteiger partial charge in [-0.2, -0.15) is 0 Å². The number of esters is 1. The molecule has 1 atom stereocenters. The molecule has 3 rings (SSSR count). The molecule has 142 valence electrons. The maximum absolute atomic E-state index is 13.0. The minimum Gasteiger partial charge on any atom is -0.482 e. The monoisotopic (exact) mass is 374 g/mol. The first-order chi connectivity index (χ1) is 13.5. The number of aryl methyl sites for hydroxylation is 2. The molecule has 4 heteroatoms. The van der Waals surface area contributed by atoms with E-state index in [-0.39, 0.29) is 12.4 Å². The molecular weight excluding hydrogens is 352 g/mol. The molecule has 0 aliphatic carbocycles. The summed E-state index contributed by atoms with van der Waals surface area (Å²) in [6, 6.07) is 23.6. The Kier molecular flexibility index (Phi) is 6.22. The number of ketones is 1. The van der Waals surface area contributed by atoms with Crippen LogP contribution in [0.2, 0.25) is 0 Å². The van der Waals surface area contributed by atoms with Gasteiger partial charge in [0.25, 0.3) is 0 Å². The van der Waals surface area contributed by atoms with Crippen LogP contribution in [0.15, 0.2) is 78.9 Å². The van der Waals surface area contributed by atoms with E-state index in [1.54, 1.807) is 30.3 Å². The van der Waals surface area contributed by atoms with Crippen molar-refractivity contribution in [1.82, 2.24) is 0 Å². The van der Waals surface area contributed by atoms with E-state index in [0.29, 0.717) is 16.9 Å². The minimum absolute atomic E-state index is 0.268. The molecule has 0 aliphatic heterocycles. The van der Waals surface area contributed by atoms with Crippen LogP contribution in [0.5, 0.6) is 5.75 Å². The van der Waals surface area contributed by atoms with E-state index in [0.717, 1.165) is 11.1 Å². The first kappa shape index (κ1) is 19.4. The van der Waals surface area contributed by atoms with Crippen LogP contribution in [-0.4, -0.2) is 18.4 Å². The third-order valence-corrected chi connectivity index (χ3v) is 4.36. The van der Waals surface area contributed by atoms with Crippen LogP contribution in [0, 0.1) is 13.8 Å². The molecule has 0 fully saturated rings. The Morgan fingerprint density at radius 2 is 1.46 bits per heavy atom. The molecule has 0 bridgehead atoms. The van der Waals surface area contributed by atoms with Crippen LogP contribution < -0.4 is 4.74 Å². The zero-order valence-corrected chi connectivity index (χ0v) is 15.9. The van der Waals surface area contributed by atoms with E-state index in [4.69, 9.17) is 9.47 Å². The average molecular weight is 374 g/mol. The lowest BCUT2D eigenvalue weighted by atomic mass is 9.99. The number of hydrogen-bond acceptors (Lipinski definition) is 4. The molecule has 0 saturated carbocycles. The zero-order chi connectivity index (χ0) is 19.9. The van der Waals surface area contributed by atoms with Crippen molar-refractivity contribution in [3.8, 4) is 5.75 Å². The van der Waals surface area contributed by atoms with Gasteiger partial charge in [-0.25, -0.2) is 4.79 Å². The Morgan fingerprint density at radius 1 is 0.821 bits per heavy atom. The second-order valence-electron chi connectivity index (χ2n) is 6.57. The Hall–Kier alpha value is -3.40. The standard InChI is InChI=1S/C24H22O4/c1-17-12-14-19(15-13-17)23(26)24(20-9-4-3-5-10-20)28-22(25)16-27-21-11-7-6-8-18(21)2/h3-15,24H,16H2,1-2H3/t24-/m1/s1. The number of rotatable bonds is 7. The van der Waals surface area contributed by atoms with Crippen molar-refractivity contribution < 1.29 is 19.1 Å². The van der Waals surface area contributed by atoms with E-state index < -0.39 is 12.1 Å². The largest absolute Gasteiger partial charge is 0.482 e. The molecule has 28 heavy (non-hydrogen) atoms. The first-order valence-electron chi connectivity index (χ1n) is 9.08. The van der Waals surface area contributed by atoms with Crippen LogP contribution in [0.3, 0.4) is 0 Å². The van der Waals surface area contributed by atoms with E-state index in [1.807, 2.05) is 62.4 Å². The molecule has 0 saturated heterocycles. The maximum Gasteiger partial charge on any atom is 0.345 e. The number of carbonyl (C=O) groups excluding carboxylic acids is 2. The molecule has 3 aromatic rings. The number of ether oxygens (including phenoxy) is 2. The van der Waals surface area contributed by atoms with Gasteiger partial charge in [-0.05, 0) is 25.5 Å². The highest BCUT2D eigenvalue weighted by Crippen LogP contribution is 2.23. The van der Waals surface area contributed by atoms with Gasteiger partial charge in [-0.1, -0.05) is 78.4 Å². The summed E-state index contributed by atoms with van der Waals surface area (Å²) in [5, 5.41) is 0. The fourth-order valence-corrected chi connectivity index (χ4v) is 2.79. The van der Waals surface area contributed by atoms with Crippen LogP contribution in [0.4, 0.5) is 0 Å². The minimum atomic E-state index is -1.02. The summed E-state index contributed by atoms with van der Waals surface area (Å²) >= 11 is 0. The molecule has 0 radical (unpaired) electrons. The van der Waals surface area contributed by atoms with Crippen molar-refractivity contribution in [3.63, 3.8) is 0 Å². The lowest BCUT2D eigenvalue weighted by Crippen LogP contribution is -2.24. The van der Waals surface area contributed by atoms with Crippen molar-refractivity contribution >= 4 is 11.8 Å². The van der Waals surface area contributed by atoms with Crippen molar-refractivity contribution in [2.75, 3.05) is 6.61 Å². The van der Waals surface area contributed by atoms with Crippen molar-refractivity contribution in [3.05, 3.63) is 101 Å². The van der Waals surface area contributed by atoms with Gasteiger partial charge >= 0.3 is 5.97 Å². The molecule has 0 spiro atoms. The highest BCUT2D eigenvalue weighted by Gasteiger charge is 2.26. The molecular formula is C24H22O4. The van der Waals surface area contributed by atoms with E-state index in [1.165, 1.54) is 0 Å². The summed E-state index contributed by atoms with van der Waals surface area (Å²) < 4.78 is 11.1. The maximum atomic E-state index is 13.0. The van der Waals surface area contributed by atoms with E-state index >= 15 is 0 Å². The van der Waals surface area contributed by atoms with Gasteiger partial charge in [-0.3, -0.25) is 4.79 Å². The second kappa shape index (κ2) is 9.00. The van der Waals surface area contributed by atoms with Gasteiger partial charge in [0.05, 0.1) is 0 Å². The van der Waals surface area contributed by atoms with Gasteiger partial charge in [-0.15, -0.1) is 0 Å². The molecule has 0 N–H and O–H groups in total. The SMILES string of the molecule is Cc1ccc(C(=O)[C@H](OC(=O)COc2ccccc2C)c2ccccc2)cc1.